The van der Waals surface area contributed by atoms with Crippen LogP contribution in [0.1, 0.15) is 18.1 Å². The molecule has 0 radical (unpaired) electrons. The Morgan fingerprint density at radius 1 is 1.18 bits per heavy atom. The van der Waals surface area contributed by atoms with Gasteiger partial charge in [-0.05, 0) is 43.2 Å². The lowest BCUT2D eigenvalue weighted by Gasteiger charge is -2.13. The quantitative estimate of drug-likeness (QED) is 0.875. The lowest BCUT2D eigenvalue weighted by atomic mass is 10.1. The van der Waals surface area contributed by atoms with Gasteiger partial charge >= 0.3 is 0 Å². The first kappa shape index (κ1) is 16.6. The van der Waals surface area contributed by atoms with E-state index in [4.69, 9.17) is 26.8 Å². The van der Waals surface area contributed by atoms with E-state index in [0.29, 0.717) is 22.1 Å². The van der Waals surface area contributed by atoms with Crippen molar-refractivity contribution in [2.24, 2.45) is 5.73 Å². The molecule has 2 aromatic carbocycles. The maximum absolute atomic E-state index is 13.0. The molecule has 2 rings (SSSR count). The molecule has 0 aliphatic carbocycles. The van der Waals surface area contributed by atoms with Gasteiger partial charge in [0.15, 0.2) is 11.5 Å². The van der Waals surface area contributed by atoms with Crippen molar-refractivity contribution >= 4 is 11.6 Å². The monoisotopic (exact) mass is 323 g/mol. The molecule has 0 aliphatic rings. The number of benzene rings is 2. The Morgan fingerprint density at radius 2 is 1.95 bits per heavy atom. The van der Waals surface area contributed by atoms with Crippen LogP contribution in [0.4, 0.5) is 4.39 Å². The highest BCUT2D eigenvalue weighted by Gasteiger charge is 2.09. The third kappa shape index (κ3) is 4.36. The van der Waals surface area contributed by atoms with Gasteiger partial charge in [-0.2, -0.15) is 0 Å². The lowest BCUT2D eigenvalue weighted by molar-refractivity contribution is 0.284. The van der Waals surface area contributed by atoms with Gasteiger partial charge in [-0.1, -0.05) is 23.7 Å². The van der Waals surface area contributed by atoms with Crippen molar-refractivity contribution in [2.75, 3.05) is 7.11 Å². The van der Waals surface area contributed by atoms with Gasteiger partial charge in [0.05, 0.1) is 12.1 Å². The summed E-state index contributed by atoms with van der Waals surface area (Å²) in [6.45, 7) is 2.19. The van der Waals surface area contributed by atoms with Crippen LogP contribution in [0.5, 0.6) is 11.5 Å². The van der Waals surface area contributed by atoms with Crippen LogP contribution in [0.15, 0.2) is 36.4 Å². The van der Waals surface area contributed by atoms with Crippen LogP contribution < -0.4 is 15.2 Å². The molecule has 0 amide bonds. The number of nitrogens with two attached hydrogens (primary N) is 1. The molecule has 22 heavy (non-hydrogen) atoms. The van der Waals surface area contributed by atoms with Crippen molar-refractivity contribution in [1.29, 1.82) is 0 Å². The van der Waals surface area contributed by atoms with E-state index in [1.807, 2.05) is 25.1 Å². The van der Waals surface area contributed by atoms with Crippen molar-refractivity contribution in [3.63, 3.8) is 0 Å². The molecule has 118 valence electrons. The smallest absolute Gasteiger partial charge is 0.161 e. The van der Waals surface area contributed by atoms with Gasteiger partial charge in [0.1, 0.15) is 12.4 Å². The summed E-state index contributed by atoms with van der Waals surface area (Å²) in [6.07, 6.45) is 0.764. The zero-order valence-corrected chi connectivity index (χ0v) is 13.4. The second-order valence-electron chi connectivity index (χ2n) is 5.19. The fourth-order valence-electron chi connectivity index (χ4n) is 2.12. The molecule has 0 bridgehead atoms. The van der Waals surface area contributed by atoms with E-state index in [-0.39, 0.29) is 18.5 Å². The van der Waals surface area contributed by atoms with Gasteiger partial charge < -0.3 is 15.2 Å². The van der Waals surface area contributed by atoms with Crippen LogP contribution in [-0.4, -0.2) is 13.2 Å². The van der Waals surface area contributed by atoms with Gasteiger partial charge in [0.25, 0.3) is 0 Å². The Bertz CT molecular complexity index is 647. The Labute approximate surface area is 134 Å². The van der Waals surface area contributed by atoms with Crippen LogP contribution >= 0.6 is 11.6 Å². The lowest BCUT2D eigenvalue weighted by Crippen LogP contribution is -2.17. The van der Waals surface area contributed by atoms with Gasteiger partial charge in [0.2, 0.25) is 0 Å². The Morgan fingerprint density at radius 3 is 2.59 bits per heavy atom. The minimum Gasteiger partial charge on any atom is -0.493 e. The van der Waals surface area contributed by atoms with Crippen LogP contribution in [-0.2, 0) is 13.0 Å². The summed E-state index contributed by atoms with van der Waals surface area (Å²) in [4.78, 5) is 0. The zero-order valence-electron chi connectivity index (χ0n) is 12.6. The summed E-state index contributed by atoms with van der Waals surface area (Å²) < 4.78 is 24.1. The van der Waals surface area contributed by atoms with E-state index in [1.165, 1.54) is 12.1 Å². The average Bonchev–Trinajstić information content (AvgIpc) is 2.46. The van der Waals surface area contributed by atoms with E-state index in [9.17, 15) is 4.39 Å². The first-order chi connectivity index (χ1) is 10.5. The van der Waals surface area contributed by atoms with Gasteiger partial charge in [-0.15, -0.1) is 0 Å². The zero-order chi connectivity index (χ0) is 16.1. The summed E-state index contributed by atoms with van der Waals surface area (Å²) in [6, 6.07) is 10.0. The minimum absolute atomic E-state index is 0.0782. The fourth-order valence-corrected chi connectivity index (χ4v) is 2.35. The summed E-state index contributed by atoms with van der Waals surface area (Å²) in [5.41, 5.74) is 7.60. The first-order valence-electron chi connectivity index (χ1n) is 6.99. The Kier molecular flexibility index (Phi) is 5.63. The highest BCUT2D eigenvalue weighted by atomic mass is 35.5. The van der Waals surface area contributed by atoms with Crippen LogP contribution in [0.3, 0.4) is 0 Å². The van der Waals surface area contributed by atoms with Gasteiger partial charge in [-0.25, -0.2) is 4.39 Å². The second kappa shape index (κ2) is 7.47. The summed E-state index contributed by atoms with van der Waals surface area (Å²) in [5.74, 6) is 0.874. The maximum Gasteiger partial charge on any atom is 0.161 e. The van der Waals surface area contributed by atoms with Crippen molar-refractivity contribution in [2.45, 2.75) is 26.0 Å². The molecule has 0 aromatic heterocycles. The van der Waals surface area contributed by atoms with E-state index in [2.05, 4.69) is 0 Å². The standard InChI is InChI=1S/C17H19ClFNO2/c1-11(20)7-12-3-6-16(17(8-12)21-2)22-10-13-4-5-14(19)9-15(13)18/h3-6,8-9,11H,7,10,20H2,1-2H3. The largest absolute Gasteiger partial charge is 0.493 e. The number of hydrogen-bond donors (Lipinski definition) is 1. The fraction of sp³-hybridized carbons (Fsp3) is 0.294. The average molecular weight is 324 g/mol. The molecule has 0 saturated heterocycles. The summed E-state index contributed by atoms with van der Waals surface area (Å²) >= 11 is 5.99. The summed E-state index contributed by atoms with van der Waals surface area (Å²) in [5, 5.41) is 0.340. The molecule has 0 spiro atoms. The molecule has 3 nitrogen and oxygen atoms in total. The summed E-state index contributed by atoms with van der Waals surface area (Å²) in [7, 11) is 1.59. The van der Waals surface area contributed by atoms with Crippen LogP contribution in [0.25, 0.3) is 0 Å². The van der Waals surface area contributed by atoms with Crippen LogP contribution in [0.2, 0.25) is 5.02 Å². The van der Waals surface area contributed by atoms with Gasteiger partial charge in [0, 0.05) is 11.6 Å². The van der Waals surface area contributed by atoms with E-state index >= 15 is 0 Å². The normalized spacial score (nSPS) is 12.0. The van der Waals surface area contributed by atoms with Gasteiger partial charge in [-0.3, -0.25) is 0 Å². The van der Waals surface area contributed by atoms with Crippen molar-refractivity contribution in [3.8, 4) is 11.5 Å². The molecule has 0 fully saturated rings. The molecule has 5 heteroatoms. The van der Waals surface area contributed by atoms with E-state index < -0.39 is 0 Å². The Balaban J connectivity index is 2.12. The highest BCUT2D eigenvalue weighted by molar-refractivity contribution is 6.31. The molecule has 2 N–H and O–H groups in total. The number of hydrogen-bond acceptors (Lipinski definition) is 3. The molecule has 0 heterocycles. The predicted octanol–water partition coefficient (Wildman–Crippen LogP) is 3.96. The number of rotatable bonds is 6. The molecular weight excluding hydrogens is 305 g/mol. The SMILES string of the molecule is COc1cc(CC(C)N)ccc1OCc1ccc(F)cc1Cl. The van der Waals surface area contributed by atoms with E-state index in [1.54, 1.807) is 13.2 Å². The second-order valence-corrected chi connectivity index (χ2v) is 5.60. The van der Waals surface area contributed by atoms with E-state index in [0.717, 1.165) is 12.0 Å². The molecule has 2 aromatic rings. The first-order valence-corrected chi connectivity index (χ1v) is 7.36. The molecule has 1 unspecified atom stereocenters. The number of halogens is 2. The van der Waals surface area contributed by atoms with Crippen molar-refractivity contribution in [1.82, 2.24) is 0 Å². The topological polar surface area (TPSA) is 44.5 Å². The third-order valence-corrected chi connectivity index (χ3v) is 3.54. The highest BCUT2D eigenvalue weighted by Crippen LogP contribution is 2.30. The Hall–Kier alpha value is -1.78. The molecule has 1 atom stereocenters. The molecule has 0 aliphatic heterocycles. The number of methoxy groups -OCH3 is 1. The predicted molar refractivity (Wildman–Crippen MR) is 86.1 cm³/mol. The maximum atomic E-state index is 13.0. The van der Waals surface area contributed by atoms with Crippen LogP contribution in [0, 0.1) is 5.82 Å². The van der Waals surface area contributed by atoms with Crippen molar-refractivity contribution in [3.05, 3.63) is 58.4 Å². The van der Waals surface area contributed by atoms with Crippen molar-refractivity contribution < 1.29 is 13.9 Å². The molecule has 0 saturated carbocycles. The minimum atomic E-state index is -0.369. The number of ether oxygens (including phenoxy) is 2. The molecular formula is C17H19ClFNO2. The third-order valence-electron chi connectivity index (χ3n) is 3.18.